The Labute approximate surface area is 97.2 Å². The van der Waals surface area contributed by atoms with Gasteiger partial charge in [-0.1, -0.05) is 5.16 Å². The molecule has 0 aliphatic rings. The number of furan rings is 1. The lowest BCUT2D eigenvalue weighted by Crippen LogP contribution is -2.30. The molecule has 17 heavy (non-hydrogen) atoms. The third kappa shape index (κ3) is 2.54. The van der Waals surface area contributed by atoms with Gasteiger partial charge in [0.2, 0.25) is 5.76 Å². The molecule has 0 spiro atoms. The minimum absolute atomic E-state index is 0.104. The van der Waals surface area contributed by atoms with Crippen molar-refractivity contribution in [1.29, 1.82) is 0 Å². The van der Waals surface area contributed by atoms with Crippen LogP contribution in [0.5, 0.6) is 0 Å². The highest BCUT2D eigenvalue weighted by Gasteiger charge is 2.19. The van der Waals surface area contributed by atoms with Gasteiger partial charge in [-0.2, -0.15) is 0 Å². The van der Waals surface area contributed by atoms with Crippen LogP contribution >= 0.6 is 0 Å². The first kappa shape index (κ1) is 11.4. The molecule has 0 bridgehead atoms. The first-order chi connectivity index (χ1) is 8.20. The van der Waals surface area contributed by atoms with Crippen molar-refractivity contribution in [3.05, 3.63) is 41.7 Å². The Hall–Kier alpha value is -2.08. The molecular formula is C11H12N2O4. The van der Waals surface area contributed by atoms with Crippen molar-refractivity contribution in [2.24, 2.45) is 0 Å². The van der Waals surface area contributed by atoms with Gasteiger partial charge in [0.1, 0.15) is 11.8 Å². The number of nitrogens with zero attached hydrogens (tertiary/aromatic N) is 1. The van der Waals surface area contributed by atoms with Crippen LogP contribution in [0.3, 0.4) is 0 Å². The number of aryl methyl sites for hydroxylation is 1. The van der Waals surface area contributed by atoms with Gasteiger partial charge >= 0.3 is 0 Å². The van der Waals surface area contributed by atoms with Gasteiger partial charge in [0.15, 0.2) is 0 Å². The Balaban J connectivity index is 2.07. The number of rotatable bonds is 4. The molecule has 0 aromatic carbocycles. The smallest absolute Gasteiger partial charge is 0.290 e. The van der Waals surface area contributed by atoms with Crippen LogP contribution in [0.25, 0.3) is 0 Å². The van der Waals surface area contributed by atoms with Gasteiger partial charge < -0.3 is 19.4 Å². The molecule has 1 amide bonds. The Bertz CT molecular complexity index is 489. The van der Waals surface area contributed by atoms with Crippen molar-refractivity contribution in [1.82, 2.24) is 10.5 Å². The molecule has 2 aromatic rings. The second-order valence-electron chi connectivity index (χ2n) is 3.56. The zero-order valence-corrected chi connectivity index (χ0v) is 9.21. The van der Waals surface area contributed by atoms with Gasteiger partial charge in [0.25, 0.3) is 5.91 Å². The van der Waals surface area contributed by atoms with Gasteiger partial charge in [0.05, 0.1) is 18.6 Å². The molecule has 90 valence electrons. The van der Waals surface area contributed by atoms with Gasteiger partial charge in [-0.05, 0) is 19.1 Å². The summed E-state index contributed by atoms with van der Waals surface area (Å²) >= 11 is 0. The summed E-state index contributed by atoms with van der Waals surface area (Å²) in [5.74, 6) is 0.144. The normalized spacial score (nSPS) is 12.4. The first-order valence-corrected chi connectivity index (χ1v) is 5.09. The Morgan fingerprint density at radius 2 is 2.47 bits per heavy atom. The van der Waals surface area contributed by atoms with Gasteiger partial charge in [-0.25, -0.2) is 0 Å². The molecule has 0 aliphatic heterocycles. The van der Waals surface area contributed by atoms with E-state index in [0.717, 1.165) is 0 Å². The number of hydrogen-bond donors (Lipinski definition) is 2. The fourth-order valence-corrected chi connectivity index (χ4v) is 1.40. The van der Waals surface area contributed by atoms with Gasteiger partial charge in [-0.3, -0.25) is 4.79 Å². The predicted molar refractivity (Wildman–Crippen MR) is 57.2 cm³/mol. The molecule has 2 aromatic heterocycles. The number of nitrogens with one attached hydrogen (secondary N) is 1. The molecule has 2 rings (SSSR count). The first-order valence-electron chi connectivity index (χ1n) is 5.09. The van der Waals surface area contributed by atoms with Crippen LogP contribution in [0.1, 0.15) is 28.1 Å². The highest BCUT2D eigenvalue weighted by Crippen LogP contribution is 2.13. The Morgan fingerprint density at radius 3 is 3.00 bits per heavy atom. The molecule has 6 heteroatoms. The summed E-state index contributed by atoms with van der Waals surface area (Å²) in [7, 11) is 0. The number of aliphatic hydroxyl groups excluding tert-OH is 1. The Kier molecular flexibility index (Phi) is 3.24. The summed E-state index contributed by atoms with van der Waals surface area (Å²) < 4.78 is 9.92. The number of carbonyl (C=O) groups is 1. The topological polar surface area (TPSA) is 88.5 Å². The van der Waals surface area contributed by atoms with Gasteiger partial charge in [-0.15, -0.1) is 0 Å². The van der Waals surface area contributed by atoms with Gasteiger partial charge in [0, 0.05) is 6.07 Å². The van der Waals surface area contributed by atoms with E-state index in [-0.39, 0.29) is 12.4 Å². The lowest BCUT2D eigenvalue weighted by atomic mass is 10.2. The molecule has 0 fully saturated rings. The van der Waals surface area contributed by atoms with E-state index in [4.69, 9.17) is 8.94 Å². The lowest BCUT2D eigenvalue weighted by molar-refractivity contribution is 0.0870. The third-order valence-corrected chi connectivity index (χ3v) is 2.23. The standard InChI is InChI=1S/C11H12N2O4/c1-7-5-10(17-13-7)11(15)12-8(6-14)9-3-2-4-16-9/h2-5,8,14H,6H2,1H3,(H,12,15). The second-order valence-corrected chi connectivity index (χ2v) is 3.56. The predicted octanol–water partition coefficient (Wildman–Crippen LogP) is 1.04. The molecule has 1 unspecified atom stereocenters. The third-order valence-electron chi connectivity index (χ3n) is 2.23. The van der Waals surface area contributed by atoms with Crippen LogP contribution in [0.2, 0.25) is 0 Å². The second kappa shape index (κ2) is 4.84. The average Bonchev–Trinajstić information content (AvgIpc) is 2.96. The highest BCUT2D eigenvalue weighted by atomic mass is 16.5. The quantitative estimate of drug-likeness (QED) is 0.827. The number of aliphatic hydroxyl groups is 1. The molecule has 0 saturated carbocycles. The fourth-order valence-electron chi connectivity index (χ4n) is 1.40. The van der Waals surface area contributed by atoms with E-state index in [1.165, 1.54) is 12.3 Å². The van der Waals surface area contributed by atoms with Crippen molar-refractivity contribution in [3.8, 4) is 0 Å². The van der Waals surface area contributed by atoms with E-state index in [1.807, 2.05) is 0 Å². The van der Waals surface area contributed by atoms with Crippen molar-refractivity contribution >= 4 is 5.91 Å². The molecule has 0 saturated heterocycles. The van der Waals surface area contributed by atoms with E-state index in [9.17, 15) is 9.90 Å². The minimum Gasteiger partial charge on any atom is -0.467 e. The number of carbonyl (C=O) groups excluding carboxylic acids is 1. The van der Waals surface area contributed by atoms with Crippen LogP contribution in [0.4, 0.5) is 0 Å². The van der Waals surface area contributed by atoms with E-state index < -0.39 is 11.9 Å². The minimum atomic E-state index is -0.595. The molecule has 6 nitrogen and oxygen atoms in total. The summed E-state index contributed by atoms with van der Waals surface area (Å²) in [6.07, 6.45) is 1.47. The largest absolute Gasteiger partial charge is 0.467 e. The summed E-state index contributed by atoms with van der Waals surface area (Å²) in [5, 5.41) is 15.4. The molecule has 2 N–H and O–H groups in total. The Morgan fingerprint density at radius 1 is 1.65 bits per heavy atom. The van der Waals surface area contributed by atoms with Crippen molar-refractivity contribution in [2.45, 2.75) is 13.0 Å². The monoisotopic (exact) mass is 236 g/mol. The maximum Gasteiger partial charge on any atom is 0.290 e. The van der Waals surface area contributed by atoms with E-state index in [1.54, 1.807) is 19.1 Å². The van der Waals surface area contributed by atoms with E-state index in [2.05, 4.69) is 10.5 Å². The number of hydrogen-bond acceptors (Lipinski definition) is 5. The molecular weight excluding hydrogens is 224 g/mol. The number of amides is 1. The van der Waals surface area contributed by atoms with E-state index >= 15 is 0 Å². The molecule has 0 aliphatic carbocycles. The van der Waals surface area contributed by atoms with Crippen LogP contribution in [0, 0.1) is 6.92 Å². The summed E-state index contributed by atoms with van der Waals surface area (Å²) in [5.41, 5.74) is 0.619. The summed E-state index contributed by atoms with van der Waals surface area (Å²) in [4.78, 5) is 11.7. The molecule has 2 heterocycles. The average molecular weight is 236 g/mol. The maximum absolute atomic E-state index is 11.7. The van der Waals surface area contributed by atoms with Crippen molar-refractivity contribution in [3.63, 3.8) is 0 Å². The molecule has 0 radical (unpaired) electrons. The van der Waals surface area contributed by atoms with E-state index in [0.29, 0.717) is 11.5 Å². The SMILES string of the molecule is Cc1cc(C(=O)NC(CO)c2ccco2)on1. The lowest BCUT2D eigenvalue weighted by Gasteiger charge is -2.12. The zero-order chi connectivity index (χ0) is 12.3. The maximum atomic E-state index is 11.7. The number of aromatic nitrogens is 1. The van der Waals surface area contributed by atoms with Crippen LogP contribution in [-0.2, 0) is 0 Å². The van der Waals surface area contributed by atoms with Crippen molar-refractivity contribution in [2.75, 3.05) is 6.61 Å². The highest BCUT2D eigenvalue weighted by molar-refractivity contribution is 5.91. The van der Waals surface area contributed by atoms with Crippen molar-refractivity contribution < 1.29 is 18.8 Å². The zero-order valence-electron chi connectivity index (χ0n) is 9.21. The fraction of sp³-hybridized carbons (Fsp3) is 0.273. The van der Waals surface area contributed by atoms with Crippen LogP contribution in [-0.4, -0.2) is 22.8 Å². The van der Waals surface area contributed by atoms with Crippen LogP contribution < -0.4 is 5.32 Å². The summed E-state index contributed by atoms with van der Waals surface area (Å²) in [6.45, 7) is 1.46. The summed E-state index contributed by atoms with van der Waals surface area (Å²) in [6, 6.07) is 4.28. The van der Waals surface area contributed by atoms with Crippen LogP contribution in [0.15, 0.2) is 33.4 Å². The molecule has 1 atom stereocenters.